The largest absolute Gasteiger partial charge is 0.416 e. The monoisotopic (exact) mass is 330 g/mol. The van der Waals surface area contributed by atoms with Crippen LogP contribution in [0, 0.1) is 0 Å². The highest BCUT2D eigenvalue weighted by Gasteiger charge is 2.36. The highest BCUT2D eigenvalue weighted by atomic mass is 79.9. The number of hydrogen-bond donors (Lipinski definition) is 0. The Bertz CT molecular complexity index is 455. The van der Waals surface area contributed by atoms with E-state index in [1.54, 1.807) is 0 Å². The molecule has 1 aromatic rings. The number of carbonyl (C=O) groups excluding carboxylic acids is 1. The predicted molar refractivity (Wildman–Crippen MR) is 58.8 cm³/mol. The topological polar surface area (TPSA) is 17.1 Å². The summed E-state index contributed by atoms with van der Waals surface area (Å²) in [5, 5.41) is 0. The lowest BCUT2D eigenvalue weighted by atomic mass is 9.99. The summed E-state index contributed by atoms with van der Waals surface area (Å²) in [4.78, 5) is 9.91. The summed E-state index contributed by atoms with van der Waals surface area (Å²) in [6, 6.07) is 2.15. The Morgan fingerprint density at radius 1 is 1.28 bits per heavy atom. The van der Waals surface area contributed by atoms with Gasteiger partial charge >= 0.3 is 6.18 Å². The third-order valence-electron chi connectivity index (χ3n) is 2.26. The molecule has 0 bridgehead atoms. The number of benzene rings is 1. The molecule has 0 aromatic heterocycles. The molecule has 1 nitrogen and oxygen atoms in total. The van der Waals surface area contributed by atoms with Crippen LogP contribution in [-0.4, -0.2) is 5.78 Å². The number of hydrogen-bond acceptors (Lipinski definition) is 1. The Balaban J connectivity index is 3.39. The Labute approximate surface area is 108 Å². The average Bonchev–Trinajstić information content (AvgIpc) is 2.25. The maximum Gasteiger partial charge on any atom is 0.416 e. The number of carbonyl (C=O) groups is 1. The number of alkyl halides is 6. The van der Waals surface area contributed by atoms with Crippen molar-refractivity contribution in [1.29, 1.82) is 0 Å². The van der Waals surface area contributed by atoms with Gasteiger partial charge in [-0.2, -0.15) is 13.2 Å². The fourth-order valence-electron chi connectivity index (χ4n) is 1.40. The van der Waals surface area contributed by atoms with Crippen molar-refractivity contribution >= 4 is 21.7 Å². The molecule has 1 atom stereocenters. The van der Waals surface area contributed by atoms with E-state index in [1.165, 1.54) is 0 Å². The van der Waals surface area contributed by atoms with E-state index in [9.17, 15) is 26.7 Å². The van der Waals surface area contributed by atoms with Crippen LogP contribution < -0.4 is 0 Å². The lowest BCUT2D eigenvalue weighted by Gasteiger charge is -2.16. The van der Waals surface area contributed by atoms with Gasteiger partial charge in [0.25, 0.3) is 6.43 Å². The third kappa shape index (κ3) is 3.28. The SMILES string of the molecule is CC(=O)C(Br)c1ccc(C(F)F)cc1C(F)(F)F. The summed E-state index contributed by atoms with van der Waals surface area (Å²) >= 11 is 2.82. The predicted octanol–water partition coefficient (Wildman–Crippen LogP) is 4.67. The summed E-state index contributed by atoms with van der Waals surface area (Å²) < 4.78 is 63.0. The van der Waals surface area contributed by atoms with Gasteiger partial charge in [-0.15, -0.1) is 0 Å². The van der Waals surface area contributed by atoms with Crippen molar-refractivity contribution in [3.05, 3.63) is 34.9 Å². The molecule has 0 heterocycles. The number of halogens is 6. The van der Waals surface area contributed by atoms with Crippen LogP contribution in [0.2, 0.25) is 0 Å². The molecule has 1 rings (SSSR count). The normalized spacial score (nSPS) is 13.8. The summed E-state index contributed by atoms with van der Waals surface area (Å²) in [5.41, 5.74) is -2.31. The van der Waals surface area contributed by atoms with Crippen molar-refractivity contribution in [3.8, 4) is 0 Å². The summed E-state index contributed by atoms with van der Waals surface area (Å²) in [5.74, 6) is -0.537. The molecule has 0 saturated carbocycles. The molecule has 0 saturated heterocycles. The molecule has 0 aliphatic carbocycles. The average molecular weight is 331 g/mol. The number of Topliss-reactive ketones (excluding diaryl/α,β-unsaturated/α-hetero) is 1. The first-order valence-electron chi connectivity index (χ1n) is 4.78. The molecule has 0 N–H and O–H groups in total. The van der Waals surface area contributed by atoms with Crippen molar-refractivity contribution in [2.24, 2.45) is 0 Å². The van der Waals surface area contributed by atoms with Crippen LogP contribution in [0.4, 0.5) is 22.0 Å². The molecule has 0 aliphatic heterocycles. The van der Waals surface area contributed by atoms with E-state index in [4.69, 9.17) is 0 Å². The van der Waals surface area contributed by atoms with E-state index in [2.05, 4.69) is 15.9 Å². The van der Waals surface area contributed by atoms with Crippen LogP contribution in [0.3, 0.4) is 0 Å². The fraction of sp³-hybridized carbons (Fsp3) is 0.364. The molecule has 100 valence electrons. The summed E-state index contributed by atoms with van der Waals surface area (Å²) in [7, 11) is 0. The smallest absolute Gasteiger partial charge is 0.298 e. The van der Waals surface area contributed by atoms with Crippen LogP contribution in [0.1, 0.15) is 34.9 Å². The second-order valence-corrected chi connectivity index (χ2v) is 4.53. The Hall–Kier alpha value is -0.980. The summed E-state index contributed by atoms with van der Waals surface area (Å²) in [6.45, 7) is 1.11. The second kappa shape index (κ2) is 5.34. The zero-order valence-electron chi connectivity index (χ0n) is 9.06. The first kappa shape index (κ1) is 15.1. The summed E-state index contributed by atoms with van der Waals surface area (Å²) in [6.07, 6.45) is -7.78. The lowest BCUT2D eigenvalue weighted by Crippen LogP contribution is -2.13. The van der Waals surface area contributed by atoms with Gasteiger partial charge in [0, 0.05) is 5.56 Å². The van der Waals surface area contributed by atoms with Crippen LogP contribution in [0.5, 0.6) is 0 Å². The molecule has 1 aromatic carbocycles. The Morgan fingerprint density at radius 2 is 1.83 bits per heavy atom. The van der Waals surface area contributed by atoms with Gasteiger partial charge < -0.3 is 0 Å². The molecule has 0 spiro atoms. The molecule has 0 aliphatic rings. The minimum absolute atomic E-state index is 0.362. The van der Waals surface area contributed by atoms with E-state index in [0.29, 0.717) is 6.07 Å². The van der Waals surface area contributed by atoms with Crippen LogP contribution in [-0.2, 0) is 11.0 Å². The third-order valence-corrected chi connectivity index (χ3v) is 3.40. The van der Waals surface area contributed by atoms with E-state index >= 15 is 0 Å². The van der Waals surface area contributed by atoms with Gasteiger partial charge in [-0.3, -0.25) is 4.79 Å². The zero-order valence-corrected chi connectivity index (χ0v) is 10.6. The van der Waals surface area contributed by atoms with Crippen molar-refractivity contribution in [2.45, 2.75) is 24.4 Å². The molecule has 7 heteroatoms. The van der Waals surface area contributed by atoms with E-state index in [0.717, 1.165) is 19.1 Å². The van der Waals surface area contributed by atoms with Gasteiger partial charge in [0.05, 0.1) is 10.4 Å². The molecule has 1 unspecified atom stereocenters. The van der Waals surface area contributed by atoms with Crippen LogP contribution in [0.25, 0.3) is 0 Å². The Kier molecular flexibility index (Phi) is 4.47. The van der Waals surface area contributed by atoms with E-state index in [-0.39, 0.29) is 5.56 Å². The first-order chi connectivity index (χ1) is 8.14. The van der Waals surface area contributed by atoms with Gasteiger partial charge in [0.2, 0.25) is 0 Å². The fourth-order valence-corrected chi connectivity index (χ4v) is 1.79. The van der Waals surface area contributed by atoms with Crippen molar-refractivity contribution in [3.63, 3.8) is 0 Å². The highest BCUT2D eigenvalue weighted by molar-refractivity contribution is 9.09. The van der Waals surface area contributed by atoms with Crippen molar-refractivity contribution in [2.75, 3.05) is 0 Å². The second-order valence-electron chi connectivity index (χ2n) is 3.62. The molecule has 18 heavy (non-hydrogen) atoms. The zero-order chi connectivity index (χ0) is 14.1. The maximum absolute atomic E-state index is 12.7. The van der Waals surface area contributed by atoms with Gasteiger partial charge in [-0.25, -0.2) is 8.78 Å². The van der Waals surface area contributed by atoms with Crippen LogP contribution in [0.15, 0.2) is 18.2 Å². The first-order valence-corrected chi connectivity index (χ1v) is 5.70. The van der Waals surface area contributed by atoms with Crippen molar-refractivity contribution in [1.82, 2.24) is 0 Å². The molecule has 0 amide bonds. The van der Waals surface area contributed by atoms with Crippen molar-refractivity contribution < 1.29 is 26.7 Å². The van der Waals surface area contributed by atoms with Gasteiger partial charge in [0.15, 0.2) is 0 Å². The minimum atomic E-state index is -4.79. The molecule has 0 radical (unpaired) electrons. The molecular formula is C11H8BrF5O. The lowest BCUT2D eigenvalue weighted by molar-refractivity contribution is -0.138. The standard InChI is InChI=1S/C11H8BrF5O/c1-5(18)9(12)7-3-2-6(10(13)14)4-8(7)11(15,16)17/h2-4,9-10H,1H3. The van der Waals surface area contributed by atoms with Gasteiger partial charge in [-0.05, 0) is 18.6 Å². The molecular weight excluding hydrogens is 323 g/mol. The quantitative estimate of drug-likeness (QED) is 0.581. The van der Waals surface area contributed by atoms with Crippen LogP contribution >= 0.6 is 15.9 Å². The maximum atomic E-state index is 12.7. The minimum Gasteiger partial charge on any atom is -0.298 e. The number of rotatable bonds is 3. The molecule has 0 fully saturated rings. The number of ketones is 1. The highest BCUT2D eigenvalue weighted by Crippen LogP contribution is 2.39. The van der Waals surface area contributed by atoms with Gasteiger partial charge in [0.1, 0.15) is 5.78 Å². The van der Waals surface area contributed by atoms with E-state index < -0.39 is 34.3 Å². The van der Waals surface area contributed by atoms with E-state index in [1.807, 2.05) is 0 Å². The van der Waals surface area contributed by atoms with Gasteiger partial charge in [-0.1, -0.05) is 28.1 Å². The Morgan fingerprint density at radius 3 is 2.22 bits per heavy atom.